The number of carbonyl (C=O) groups excluding carboxylic acids is 1. The molecule has 0 N–H and O–H groups in total. The zero-order valence-electron chi connectivity index (χ0n) is 7.18. The van der Waals surface area contributed by atoms with Crippen molar-refractivity contribution in [3.63, 3.8) is 0 Å². The van der Waals surface area contributed by atoms with E-state index in [0.29, 0.717) is 0 Å². The summed E-state index contributed by atoms with van der Waals surface area (Å²) in [6, 6.07) is 2.18. The van der Waals surface area contributed by atoms with Gasteiger partial charge in [-0.15, -0.1) is 0 Å². The molecule has 0 spiro atoms. The van der Waals surface area contributed by atoms with Crippen LogP contribution in [0, 0.1) is 22.7 Å². The van der Waals surface area contributed by atoms with Crippen molar-refractivity contribution < 1.29 is 4.79 Å². The Morgan fingerprint density at radius 1 is 1.33 bits per heavy atom. The SMILES string of the molecule is N#CC1(C(=O)C2CCCC2)CC1. The summed E-state index contributed by atoms with van der Waals surface area (Å²) >= 11 is 0. The van der Waals surface area contributed by atoms with E-state index in [1.807, 2.05) is 0 Å². The van der Waals surface area contributed by atoms with E-state index < -0.39 is 5.41 Å². The number of hydrogen-bond donors (Lipinski definition) is 0. The summed E-state index contributed by atoms with van der Waals surface area (Å²) < 4.78 is 0. The van der Waals surface area contributed by atoms with Crippen molar-refractivity contribution >= 4 is 5.78 Å². The molecule has 0 bridgehead atoms. The first-order valence-electron chi connectivity index (χ1n) is 4.74. The third-order valence-electron chi connectivity index (χ3n) is 3.16. The highest BCUT2D eigenvalue weighted by atomic mass is 16.1. The van der Waals surface area contributed by atoms with E-state index in [2.05, 4.69) is 6.07 Å². The van der Waals surface area contributed by atoms with Crippen LogP contribution in [0.5, 0.6) is 0 Å². The lowest BCUT2D eigenvalue weighted by Gasteiger charge is -2.10. The largest absolute Gasteiger partial charge is 0.298 e. The van der Waals surface area contributed by atoms with Gasteiger partial charge in [-0.05, 0) is 25.7 Å². The first kappa shape index (κ1) is 7.79. The molecule has 2 aliphatic rings. The molecule has 0 aromatic carbocycles. The molecule has 0 heterocycles. The lowest BCUT2D eigenvalue weighted by molar-refractivity contribution is -0.126. The van der Waals surface area contributed by atoms with Crippen molar-refractivity contribution in [3.8, 4) is 6.07 Å². The third kappa shape index (κ3) is 1.04. The van der Waals surface area contributed by atoms with Gasteiger partial charge in [0.15, 0.2) is 5.78 Å². The molecule has 2 nitrogen and oxygen atoms in total. The minimum absolute atomic E-state index is 0.229. The third-order valence-corrected chi connectivity index (χ3v) is 3.16. The van der Waals surface area contributed by atoms with Gasteiger partial charge in [-0.25, -0.2) is 0 Å². The van der Waals surface area contributed by atoms with E-state index in [4.69, 9.17) is 5.26 Å². The normalized spacial score (nSPS) is 26.6. The summed E-state index contributed by atoms with van der Waals surface area (Å²) in [5.74, 6) is 0.481. The molecule has 2 rings (SSSR count). The molecule has 0 aromatic rings. The van der Waals surface area contributed by atoms with Gasteiger partial charge < -0.3 is 0 Å². The minimum atomic E-state index is -0.519. The Morgan fingerprint density at radius 2 is 1.92 bits per heavy atom. The van der Waals surface area contributed by atoms with Crippen LogP contribution in [0.4, 0.5) is 0 Å². The van der Waals surface area contributed by atoms with E-state index in [9.17, 15) is 4.79 Å². The zero-order chi connectivity index (χ0) is 8.60. The zero-order valence-corrected chi connectivity index (χ0v) is 7.18. The van der Waals surface area contributed by atoms with Gasteiger partial charge in [0.25, 0.3) is 0 Å². The van der Waals surface area contributed by atoms with Gasteiger partial charge in [0.2, 0.25) is 0 Å². The van der Waals surface area contributed by atoms with Gasteiger partial charge in [-0.2, -0.15) is 5.26 Å². The van der Waals surface area contributed by atoms with Crippen LogP contribution in [0.3, 0.4) is 0 Å². The number of nitriles is 1. The first-order chi connectivity index (χ1) is 5.78. The van der Waals surface area contributed by atoms with Gasteiger partial charge >= 0.3 is 0 Å². The predicted molar refractivity (Wildman–Crippen MR) is 44.2 cm³/mol. The molecule has 2 heteroatoms. The molecule has 64 valence electrons. The Labute approximate surface area is 72.6 Å². The highest BCUT2D eigenvalue weighted by molar-refractivity contribution is 5.92. The van der Waals surface area contributed by atoms with E-state index in [-0.39, 0.29) is 11.7 Å². The van der Waals surface area contributed by atoms with Crippen molar-refractivity contribution in [3.05, 3.63) is 0 Å². The van der Waals surface area contributed by atoms with E-state index in [0.717, 1.165) is 25.7 Å². The smallest absolute Gasteiger partial charge is 0.156 e. The summed E-state index contributed by atoms with van der Waals surface area (Å²) in [5.41, 5.74) is -0.519. The fourth-order valence-electron chi connectivity index (χ4n) is 2.12. The maximum absolute atomic E-state index is 11.7. The van der Waals surface area contributed by atoms with Gasteiger partial charge in [0.1, 0.15) is 5.41 Å². The lowest BCUT2D eigenvalue weighted by Crippen LogP contribution is -2.21. The van der Waals surface area contributed by atoms with Crippen molar-refractivity contribution in [1.82, 2.24) is 0 Å². The summed E-state index contributed by atoms with van der Waals surface area (Å²) in [5, 5.41) is 8.82. The number of Topliss-reactive ketones (excluding diaryl/α,β-unsaturated/α-hetero) is 1. The van der Waals surface area contributed by atoms with Gasteiger partial charge in [0, 0.05) is 5.92 Å². The number of carbonyl (C=O) groups is 1. The fraction of sp³-hybridized carbons (Fsp3) is 0.800. The molecule has 0 amide bonds. The maximum atomic E-state index is 11.7. The molecule has 0 saturated heterocycles. The summed E-state index contributed by atoms with van der Waals surface area (Å²) in [6.07, 6.45) is 6.05. The number of ketones is 1. The summed E-state index contributed by atoms with van der Waals surface area (Å²) in [6.45, 7) is 0. The van der Waals surface area contributed by atoms with Crippen molar-refractivity contribution in [1.29, 1.82) is 5.26 Å². The Balaban J connectivity index is 2.05. The van der Waals surface area contributed by atoms with E-state index in [1.54, 1.807) is 0 Å². The lowest BCUT2D eigenvalue weighted by atomic mass is 9.90. The predicted octanol–water partition coefficient (Wildman–Crippen LogP) is 2.05. The van der Waals surface area contributed by atoms with Crippen LogP contribution in [0.1, 0.15) is 38.5 Å². The van der Waals surface area contributed by atoms with Crippen LogP contribution in [0.15, 0.2) is 0 Å². The van der Waals surface area contributed by atoms with Crippen molar-refractivity contribution in [2.24, 2.45) is 11.3 Å². The fourth-order valence-corrected chi connectivity index (χ4v) is 2.12. The standard InChI is InChI=1S/C10H13NO/c11-7-10(5-6-10)9(12)8-3-1-2-4-8/h8H,1-6H2. The van der Waals surface area contributed by atoms with Gasteiger partial charge in [-0.1, -0.05) is 12.8 Å². The molecule has 0 radical (unpaired) electrons. The molecular weight excluding hydrogens is 150 g/mol. The number of hydrogen-bond acceptors (Lipinski definition) is 2. The number of nitrogens with zero attached hydrogens (tertiary/aromatic N) is 1. The quantitative estimate of drug-likeness (QED) is 0.625. The maximum Gasteiger partial charge on any atom is 0.156 e. The number of rotatable bonds is 2. The monoisotopic (exact) mass is 163 g/mol. The Hall–Kier alpha value is -0.840. The van der Waals surface area contributed by atoms with Crippen LogP contribution in [0.25, 0.3) is 0 Å². The van der Waals surface area contributed by atoms with Crippen molar-refractivity contribution in [2.75, 3.05) is 0 Å². The average Bonchev–Trinajstić information content (AvgIpc) is 2.71. The van der Waals surface area contributed by atoms with Crippen LogP contribution < -0.4 is 0 Å². The van der Waals surface area contributed by atoms with Crippen LogP contribution in [-0.2, 0) is 4.79 Å². The first-order valence-corrected chi connectivity index (χ1v) is 4.74. The molecule has 0 unspecified atom stereocenters. The second-order valence-electron chi connectivity index (χ2n) is 4.04. The second-order valence-corrected chi connectivity index (χ2v) is 4.04. The van der Waals surface area contributed by atoms with Gasteiger partial charge in [-0.3, -0.25) is 4.79 Å². The molecule has 0 aliphatic heterocycles. The molecule has 2 fully saturated rings. The molecule has 12 heavy (non-hydrogen) atoms. The highest BCUT2D eigenvalue weighted by Crippen LogP contribution is 2.49. The van der Waals surface area contributed by atoms with E-state index in [1.165, 1.54) is 12.8 Å². The molecule has 2 aliphatic carbocycles. The molecule has 0 atom stereocenters. The molecule has 2 saturated carbocycles. The van der Waals surface area contributed by atoms with Crippen molar-refractivity contribution in [2.45, 2.75) is 38.5 Å². The van der Waals surface area contributed by atoms with E-state index >= 15 is 0 Å². The Kier molecular flexibility index (Phi) is 1.68. The minimum Gasteiger partial charge on any atom is -0.298 e. The second kappa shape index (κ2) is 2.58. The van der Waals surface area contributed by atoms with Crippen LogP contribution in [0.2, 0.25) is 0 Å². The molecule has 0 aromatic heterocycles. The Morgan fingerprint density at radius 3 is 2.33 bits per heavy atom. The topological polar surface area (TPSA) is 40.9 Å². The Bertz CT molecular complexity index is 241. The summed E-state index contributed by atoms with van der Waals surface area (Å²) in [4.78, 5) is 11.7. The van der Waals surface area contributed by atoms with Crippen LogP contribution in [-0.4, -0.2) is 5.78 Å². The van der Waals surface area contributed by atoms with Gasteiger partial charge in [0.05, 0.1) is 6.07 Å². The van der Waals surface area contributed by atoms with Crippen LogP contribution >= 0.6 is 0 Å². The average molecular weight is 163 g/mol. The molecular formula is C10H13NO. The highest BCUT2D eigenvalue weighted by Gasteiger charge is 2.52. The summed E-state index contributed by atoms with van der Waals surface area (Å²) in [7, 11) is 0.